The summed E-state index contributed by atoms with van der Waals surface area (Å²) in [6.07, 6.45) is 4.70. The van der Waals surface area contributed by atoms with Crippen molar-refractivity contribution in [2.24, 2.45) is 0 Å². The van der Waals surface area contributed by atoms with E-state index >= 15 is 0 Å². The van der Waals surface area contributed by atoms with Gasteiger partial charge in [-0.25, -0.2) is 0 Å². The molecule has 0 saturated carbocycles. The maximum atomic E-state index is 3.74. The van der Waals surface area contributed by atoms with Gasteiger partial charge in [-0.2, -0.15) is 0 Å². The average molecular weight is 737 g/mol. The minimum Gasteiger partial charge on any atom is -0.0584 e. The molecule has 0 bridgehead atoms. The highest BCUT2D eigenvalue weighted by Gasteiger charge is 2.47. The van der Waals surface area contributed by atoms with Gasteiger partial charge < -0.3 is 0 Å². The minimum absolute atomic E-state index is 0.430. The van der Waals surface area contributed by atoms with Gasteiger partial charge in [-0.3, -0.25) is 0 Å². The summed E-state index contributed by atoms with van der Waals surface area (Å²) in [5, 5.41) is 0. The number of rotatable bonds is 4. The fourth-order valence-electron chi connectivity index (χ4n) is 9.01. The van der Waals surface area contributed by atoms with Gasteiger partial charge in [0.2, 0.25) is 0 Å². The van der Waals surface area contributed by atoms with Crippen LogP contribution in [0.2, 0.25) is 0 Å². The third-order valence-electron chi connectivity index (χ3n) is 11.3. The molecule has 0 saturated heterocycles. The summed E-state index contributed by atoms with van der Waals surface area (Å²) in [7, 11) is 0. The Balaban J connectivity index is 1.39. The van der Waals surface area contributed by atoms with Gasteiger partial charge in [-0.1, -0.05) is 92.5 Å². The normalized spacial score (nSPS) is 14.9. The molecule has 47 heavy (non-hydrogen) atoms. The fraction of sp³-hybridized carbons (Fsp3) is 0.200. The second kappa shape index (κ2) is 10.6. The van der Waals surface area contributed by atoms with Crippen LogP contribution in [0.4, 0.5) is 0 Å². The number of halogens is 2. The smallest absolute Gasteiger partial charge is 0.0584 e. The number of hydrogen-bond donors (Lipinski definition) is 0. The van der Waals surface area contributed by atoms with Crippen LogP contribution in [0.3, 0.4) is 0 Å². The summed E-state index contributed by atoms with van der Waals surface area (Å²) in [6.45, 7) is 8.97. The molecule has 6 aromatic carbocycles. The molecule has 0 atom stereocenters. The number of fused-ring (bicyclic) bond motifs is 5. The van der Waals surface area contributed by atoms with Crippen LogP contribution in [0.1, 0.15) is 66.8 Å². The van der Waals surface area contributed by atoms with E-state index in [-0.39, 0.29) is 0 Å². The summed E-state index contributed by atoms with van der Waals surface area (Å²) < 4.78 is 2.27. The molecule has 0 aromatic heterocycles. The van der Waals surface area contributed by atoms with E-state index in [4.69, 9.17) is 0 Å². The minimum atomic E-state index is -0.430. The fourth-order valence-corrected chi connectivity index (χ4v) is 10.4. The Morgan fingerprint density at radius 1 is 0.426 bits per heavy atom. The number of benzene rings is 6. The first-order valence-corrected chi connectivity index (χ1v) is 18.4. The number of hydrogen-bond acceptors (Lipinski definition) is 0. The molecule has 0 spiro atoms. The van der Waals surface area contributed by atoms with E-state index in [1.54, 1.807) is 0 Å². The first kappa shape index (κ1) is 29.4. The Labute approximate surface area is 295 Å². The predicted molar refractivity (Wildman–Crippen MR) is 204 cm³/mol. The molecule has 2 heteroatoms. The molecule has 0 N–H and O–H groups in total. The van der Waals surface area contributed by atoms with Crippen molar-refractivity contribution in [2.45, 2.75) is 58.8 Å². The van der Waals surface area contributed by atoms with Crippen LogP contribution in [-0.2, 0) is 31.1 Å². The average Bonchev–Trinajstić information content (AvgIpc) is 3.27. The van der Waals surface area contributed by atoms with Crippen LogP contribution in [-0.4, -0.2) is 0 Å². The van der Waals surface area contributed by atoms with E-state index in [0.717, 1.165) is 21.8 Å². The van der Waals surface area contributed by atoms with Crippen LogP contribution in [0, 0.1) is 27.7 Å². The molecular weight excluding hydrogens is 700 g/mol. The van der Waals surface area contributed by atoms with Crippen molar-refractivity contribution in [3.05, 3.63) is 173 Å². The molecule has 0 amide bonds. The molecular formula is C45H36Br2. The van der Waals surface area contributed by atoms with Gasteiger partial charge >= 0.3 is 0 Å². The Morgan fingerprint density at radius 2 is 0.809 bits per heavy atom. The lowest BCUT2D eigenvalue weighted by Crippen LogP contribution is -2.30. The summed E-state index contributed by atoms with van der Waals surface area (Å²) >= 11 is 7.48. The van der Waals surface area contributed by atoms with Crippen LogP contribution in [0.5, 0.6) is 0 Å². The van der Waals surface area contributed by atoms with Gasteiger partial charge in [0.15, 0.2) is 0 Å². The van der Waals surface area contributed by atoms with Crippen molar-refractivity contribution in [1.82, 2.24) is 0 Å². The molecule has 6 aromatic rings. The second-order valence-electron chi connectivity index (χ2n) is 14.1. The van der Waals surface area contributed by atoms with E-state index in [0.29, 0.717) is 0 Å². The summed E-state index contributed by atoms with van der Waals surface area (Å²) in [5.74, 6) is 0. The lowest BCUT2D eigenvalue weighted by atomic mass is 9.65. The standard InChI is InChI=1S/C45H36Br2/c1-25-17-37(46)18-26(2)43(25)33-11-15-39-40-16-12-34(44-27(3)19-38(47)20-28(44)4)24-42(40)45(41(39)23-33,35-13-9-29-5-7-31(29)21-35)36-14-10-30-6-8-32(30)22-36/h9-24H,5-8H2,1-4H3. The van der Waals surface area contributed by atoms with E-state index in [1.165, 1.54) is 113 Å². The maximum Gasteiger partial charge on any atom is 0.0714 e. The Hall–Kier alpha value is -3.72. The first-order valence-electron chi connectivity index (χ1n) is 16.8. The predicted octanol–water partition coefficient (Wildman–Crippen LogP) is 12.3. The number of aryl methyl sites for hydroxylation is 8. The molecule has 0 fully saturated rings. The monoisotopic (exact) mass is 734 g/mol. The highest BCUT2D eigenvalue weighted by Crippen LogP contribution is 2.58. The summed E-state index contributed by atoms with van der Waals surface area (Å²) in [5.41, 5.74) is 24.3. The van der Waals surface area contributed by atoms with Crippen LogP contribution < -0.4 is 0 Å². The van der Waals surface area contributed by atoms with Gasteiger partial charge in [-0.15, -0.1) is 0 Å². The molecule has 230 valence electrons. The van der Waals surface area contributed by atoms with Crippen LogP contribution >= 0.6 is 31.9 Å². The topological polar surface area (TPSA) is 0 Å². The summed E-state index contributed by atoms with van der Waals surface area (Å²) in [6, 6.07) is 38.4. The molecule has 0 aliphatic heterocycles. The largest absolute Gasteiger partial charge is 0.0714 e. The zero-order valence-electron chi connectivity index (χ0n) is 27.3. The Morgan fingerprint density at radius 3 is 1.15 bits per heavy atom. The van der Waals surface area contributed by atoms with Crippen molar-refractivity contribution in [2.75, 3.05) is 0 Å². The SMILES string of the molecule is Cc1cc(Br)cc(C)c1-c1ccc2c(c1)C(c1ccc3c(c1)CC3)(c1ccc3c(c1)CC3)c1cc(-c3c(C)cc(Br)cc3C)ccc1-2. The molecule has 3 aliphatic carbocycles. The van der Waals surface area contributed by atoms with E-state index in [2.05, 4.69) is 157 Å². The zero-order chi connectivity index (χ0) is 32.2. The lowest BCUT2D eigenvalue weighted by Gasteiger charge is -2.37. The van der Waals surface area contributed by atoms with Crippen LogP contribution in [0.25, 0.3) is 33.4 Å². The molecule has 0 heterocycles. The first-order chi connectivity index (χ1) is 22.7. The maximum absolute atomic E-state index is 3.74. The second-order valence-corrected chi connectivity index (χ2v) is 15.9. The van der Waals surface area contributed by atoms with E-state index < -0.39 is 5.41 Å². The lowest BCUT2D eigenvalue weighted by molar-refractivity contribution is 0.740. The molecule has 3 aliphatic rings. The highest BCUT2D eigenvalue weighted by molar-refractivity contribution is 9.10. The molecule has 0 radical (unpaired) electrons. The van der Waals surface area contributed by atoms with Gasteiger partial charge in [-0.05, 0) is 190 Å². The van der Waals surface area contributed by atoms with Crippen LogP contribution in [0.15, 0.2) is 106 Å². The third-order valence-corrected chi connectivity index (χ3v) is 12.2. The highest BCUT2D eigenvalue weighted by atomic mass is 79.9. The van der Waals surface area contributed by atoms with Crippen molar-refractivity contribution >= 4 is 31.9 Å². The summed E-state index contributed by atoms with van der Waals surface area (Å²) in [4.78, 5) is 0. The third kappa shape index (κ3) is 4.30. The van der Waals surface area contributed by atoms with Gasteiger partial charge in [0.05, 0.1) is 5.41 Å². The quantitative estimate of drug-likeness (QED) is 0.169. The van der Waals surface area contributed by atoms with Crippen molar-refractivity contribution in [3.8, 4) is 33.4 Å². The van der Waals surface area contributed by atoms with Gasteiger partial charge in [0.1, 0.15) is 0 Å². The van der Waals surface area contributed by atoms with Gasteiger partial charge in [0.25, 0.3) is 0 Å². The Bertz CT molecular complexity index is 2110. The van der Waals surface area contributed by atoms with E-state index in [1.807, 2.05) is 0 Å². The van der Waals surface area contributed by atoms with Crippen molar-refractivity contribution in [3.63, 3.8) is 0 Å². The van der Waals surface area contributed by atoms with Crippen molar-refractivity contribution < 1.29 is 0 Å². The Kier molecular flexibility index (Phi) is 6.66. The molecule has 0 nitrogen and oxygen atoms in total. The van der Waals surface area contributed by atoms with E-state index in [9.17, 15) is 0 Å². The molecule has 0 unspecified atom stereocenters. The zero-order valence-corrected chi connectivity index (χ0v) is 30.5. The van der Waals surface area contributed by atoms with Gasteiger partial charge in [0, 0.05) is 8.95 Å². The van der Waals surface area contributed by atoms with Crippen molar-refractivity contribution in [1.29, 1.82) is 0 Å². The molecule has 9 rings (SSSR count).